The molecule has 158 valence electrons. The van der Waals surface area contributed by atoms with Gasteiger partial charge in [0.2, 0.25) is 0 Å². The molecule has 1 atom stereocenters. The van der Waals surface area contributed by atoms with Crippen LogP contribution in [0.3, 0.4) is 0 Å². The smallest absolute Gasteiger partial charge is 0.307 e. The molecule has 7 heteroatoms. The Kier molecular flexibility index (Phi) is 9.14. The van der Waals surface area contributed by atoms with Gasteiger partial charge >= 0.3 is 5.97 Å². The Morgan fingerprint density at radius 2 is 2.14 bits per heavy atom. The number of hydrogen-bond acceptors (Lipinski definition) is 5. The minimum absolute atomic E-state index is 0. The van der Waals surface area contributed by atoms with Crippen LogP contribution in [0, 0.1) is 12.8 Å². The standard InChI is InChI=1S/C22H28N2O3S.ClH/c1-3-17-7-4-5-9-19(17)20(21-16(2)10-14-28-21)23-27-13-12-24-11-6-8-18(15-24)22(25)26;/h4-5,7,9-10,14,18H,3,6,8,11-13,15H2,1-2H3,(H,25,26);1H/t18-;/m1./s1. The van der Waals surface area contributed by atoms with Gasteiger partial charge in [-0.3, -0.25) is 9.69 Å². The van der Waals surface area contributed by atoms with E-state index >= 15 is 0 Å². The van der Waals surface area contributed by atoms with E-state index in [9.17, 15) is 9.90 Å². The molecular weight excluding hydrogens is 408 g/mol. The second-order valence-electron chi connectivity index (χ2n) is 7.19. The van der Waals surface area contributed by atoms with Crippen molar-refractivity contribution in [1.82, 2.24) is 4.90 Å². The summed E-state index contributed by atoms with van der Waals surface area (Å²) in [6.07, 6.45) is 2.62. The fourth-order valence-electron chi connectivity index (χ4n) is 3.63. The highest BCUT2D eigenvalue weighted by Crippen LogP contribution is 2.23. The Hall–Kier alpha value is -1.89. The van der Waals surface area contributed by atoms with Crippen LogP contribution in [0.25, 0.3) is 0 Å². The number of benzene rings is 1. The Morgan fingerprint density at radius 3 is 2.83 bits per heavy atom. The molecule has 29 heavy (non-hydrogen) atoms. The van der Waals surface area contributed by atoms with Crippen molar-refractivity contribution in [2.75, 3.05) is 26.2 Å². The lowest BCUT2D eigenvalue weighted by atomic mass is 9.98. The molecule has 5 nitrogen and oxygen atoms in total. The molecule has 1 aromatic heterocycles. The van der Waals surface area contributed by atoms with Crippen molar-refractivity contribution in [3.05, 3.63) is 57.3 Å². The summed E-state index contributed by atoms with van der Waals surface area (Å²) >= 11 is 1.67. The molecule has 1 aromatic carbocycles. The van der Waals surface area contributed by atoms with Crippen LogP contribution in [0.2, 0.25) is 0 Å². The third-order valence-corrected chi connectivity index (χ3v) is 6.26. The molecule has 2 heterocycles. The summed E-state index contributed by atoms with van der Waals surface area (Å²) < 4.78 is 0. The van der Waals surface area contributed by atoms with E-state index in [4.69, 9.17) is 4.84 Å². The lowest BCUT2D eigenvalue weighted by molar-refractivity contribution is -0.143. The number of likely N-dealkylation sites (tertiary alicyclic amines) is 1. The highest BCUT2D eigenvalue weighted by molar-refractivity contribution is 7.12. The largest absolute Gasteiger partial charge is 0.481 e. The molecule has 3 rings (SSSR count). The molecule has 0 saturated carbocycles. The van der Waals surface area contributed by atoms with E-state index in [0.29, 0.717) is 19.7 Å². The minimum Gasteiger partial charge on any atom is -0.481 e. The van der Waals surface area contributed by atoms with Crippen molar-refractivity contribution in [1.29, 1.82) is 0 Å². The third kappa shape index (κ3) is 6.04. The number of piperidine rings is 1. The lowest BCUT2D eigenvalue weighted by Crippen LogP contribution is -2.40. The van der Waals surface area contributed by atoms with Gasteiger partial charge < -0.3 is 9.94 Å². The second kappa shape index (κ2) is 11.3. The SMILES string of the molecule is CCc1ccccc1C(=NOCCN1CCC[C@@H](C(=O)O)C1)c1sccc1C.Cl. The third-order valence-electron chi connectivity index (χ3n) is 5.24. The Balaban J connectivity index is 0.00000300. The van der Waals surface area contributed by atoms with E-state index in [2.05, 4.69) is 53.5 Å². The van der Waals surface area contributed by atoms with Crippen molar-refractivity contribution < 1.29 is 14.7 Å². The summed E-state index contributed by atoms with van der Waals surface area (Å²) in [6.45, 7) is 6.90. The normalized spacial score (nSPS) is 17.6. The molecule has 2 aromatic rings. The van der Waals surface area contributed by atoms with E-state index in [1.807, 2.05) is 6.07 Å². The molecule has 1 fully saturated rings. The van der Waals surface area contributed by atoms with Crippen molar-refractivity contribution >= 4 is 35.4 Å². The molecule has 1 N–H and O–H groups in total. The van der Waals surface area contributed by atoms with E-state index in [1.54, 1.807) is 11.3 Å². The van der Waals surface area contributed by atoms with Crippen LogP contribution in [0.5, 0.6) is 0 Å². The molecule has 1 aliphatic rings. The molecule has 1 aliphatic heterocycles. The predicted molar refractivity (Wildman–Crippen MR) is 121 cm³/mol. The van der Waals surface area contributed by atoms with Crippen LogP contribution in [0.1, 0.15) is 41.3 Å². The zero-order valence-corrected chi connectivity index (χ0v) is 18.6. The molecule has 0 amide bonds. The van der Waals surface area contributed by atoms with Gasteiger partial charge in [-0.25, -0.2) is 0 Å². The zero-order chi connectivity index (χ0) is 19.9. The number of aliphatic carboxylic acids is 1. The number of rotatable bonds is 8. The quantitative estimate of drug-likeness (QED) is 0.373. The number of halogens is 1. The Bertz CT molecular complexity index is 837. The molecule has 0 radical (unpaired) electrons. The van der Waals surface area contributed by atoms with Gasteiger partial charge in [-0.2, -0.15) is 0 Å². The van der Waals surface area contributed by atoms with E-state index in [1.165, 1.54) is 11.1 Å². The van der Waals surface area contributed by atoms with Crippen LogP contribution in [-0.4, -0.2) is 47.9 Å². The van der Waals surface area contributed by atoms with E-state index in [-0.39, 0.29) is 18.3 Å². The maximum Gasteiger partial charge on any atom is 0.307 e. The van der Waals surface area contributed by atoms with Crippen molar-refractivity contribution in [2.24, 2.45) is 11.1 Å². The van der Waals surface area contributed by atoms with Gasteiger partial charge in [0, 0.05) is 18.7 Å². The number of carbonyl (C=O) groups is 1. The summed E-state index contributed by atoms with van der Waals surface area (Å²) in [5.74, 6) is -0.965. The van der Waals surface area contributed by atoms with Crippen LogP contribution < -0.4 is 0 Å². The maximum atomic E-state index is 11.2. The van der Waals surface area contributed by atoms with Crippen LogP contribution in [0.4, 0.5) is 0 Å². The lowest BCUT2D eigenvalue weighted by Gasteiger charge is -2.29. The average Bonchev–Trinajstić information content (AvgIpc) is 3.14. The highest BCUT2D eigenvalue weighted by Gasteiger charge is 2.25. The van der Waals surface area contributed by atoms with Crippen molar-refractivity contribution in [2.45, 2.75) is 33.1 Å². The van der Waals surface area contributed by atoms with E-state index < -0.39 is 5.97 Å². The summed E-state index contributed by atoms with van der Waals surface area (Å²) in [4.78, 5) is 20.2. The summed E-state index contributed by atoms with van der Waals surface area (Å²) in [6, 6.07) is 10.4. The van der Waals surface area contributed by atoms with Gasteiger partial charge in [0.05, 0.1) is 10.8 Å². The van der Waals surface area contributed by atoms with Crippen molar-refractivity contribution in [3.8, 4) is 0 Å². The first-order chi connectivity index (χ1) is 13.6. The first-order valence-corrected chi connectivity index (χ1v) is 10.8. The van der Waals surface area contributed by atoms with Gasteiger partial charge in [0.1, 0.15) is 12.3 Å². The Labute approximate surface area is 182 Å². The van der Waals surface area contributed by atoms with Gasteiger partial charge in [0.25, 0.3) is 0 Å². The molecule has 0 bridgehead atoms. The van der Waals surface area contributed by atoms with Gasteiger partial charge in [0.15, 0.2) is 0 Å². The number of aryl methyl sites for hydroxylation is 2. The minimum atomic E-state index is -0.699. The number of carboxylic acids is 1. The van der Waals surface area contributed by atoms with Crippen LogP contribution >= 0.6 is 23.7 Å². The summed E-state index contributed by atoms with van der Waals surface area (Å²) in [5, 5.41) is 15.8. The molecule has 0 spiro atoms. The highest BCUT2D eigenvalue weighted by atomic mass is 35.5. The molecule has 0 aliphatic carbocycles. The summed E-state index contributed by atoms with van der Waals surface area (Å²) in [5.41, 5.74) is 4.43. The predicted octanol–water partition coefficient (Wildman–Crippen LogP) is 4.61. The van der Waals surface area contributed by atoms with Gasteiger partial charge in [-0.15, -0.1) is 23.7 Å². The molecule has 1 saturated heterocycles. The summed E-state index contributed by atoms with van der Waals surface area (Å²) in [7, 11) is 0. The average molecular weight is 437 g/mol. The van der Waals surface area contributed by atoms with Crippen molar-refractivity contribution in [3.63, 3.8) is 0 Å². The van der Waals surface area contributed by atoms with Crippen LogP contribution in [-0.2, 0) is 16.1 Å². The molecule has 0 unspecified atom stereocenters. The number of oxime groups is 1. The monoisotopic (exact) mass is 436 g/mol. The number of carboxylic acid groups (broad SMARTS) is 1. The fraction of sp³-hybridized carbons (Fsp3) is 0.455. The van der Waals surface area contributed by atoms with E-state index in [0.717, 1.165) is 42.0 Å². The fourth-order valence-corrected chi connectivity index (χ4v) is 4.55. The second-order valence-corrected chi connectivity index (χ2v) is 8.11. The van der Waals surface area contributed by atoms with Gasteiger partial charge in [-0.1, -0.05) is 36.3 Å². The number of thiophene rings is 1. The molecular formula is C22H29ClN2O3S. The maximum absolute atomic E-state index is 11.2. The number of hydrogen-bond donors (Lipinski definition) is 1. The zero-order valence-electron chi connectivity index (χ0n) is 17.0. The number of nitrogens with zero attached hydrogens (tertiary/aromatic N) is 2. The van der Waals surface area contributed by atoms with Crippen LogP contribution in [0.15, 0.2) is 40.9 Å². The first-order valence-electron chi connectivity index (χ1n) is 9.88. The Morgan fingerprint density at radius 1 is 1.34 bits per heavy atom. The topological polar surface area (TPSA) is 62.1 Å². The van der Waals surface area contributed by atoms with Gasteiger partial charge in [-0.05, 0) is 55.3 Å². The first kappa shape index (κ1) is 23.4.